The number of hydrogen-bond donors (Lipinski definition) is 1. The van der Waals surface area contributed by atoms with Crippen LogP contribution in [-0.2, 0) is 0 Å². The molecule has 1 aromatic carbocycles. The van der Waals surface area contributed by atoms with Gasteiger partial charge in [-0.25, -0.2) is 4.39 Å². The molecule has 0 saturated heterocycles. The molecule has 1 N–H and O–H groups in total. The predicted octanol–water partition coefficient (Wildman–Crippen LogP) is 3.11. The van der Waals surface area contributed by atoms with E-state index >= 15 is 0 Å². The standard InChI is InChI=1S/C14H14FNO/c1-8-4-5-13(15)12(6-8)11-7-14(17)16-10(3)9(11)2/h4-7H,1-3H3,(H,16,17). The van der Waals surface area contributed by atoms with E-state index in [0.29, 0.717) is 11.1 Å². The molecule has 0 atom stereocenters. The molecular weight excluding hydrogens is 217 g/mol. The number of aromatic nitrogens is 1. The zero-order valence-corrected chi connectivity index (χ0v) is 10.1. The summed E-state index contributed by atoms with van der Waals surface area (Å²) >= 11 is 0. The van der Waals surface area contributed by atoms with Crippen LogP contribution in [0.25, 0.3) is 11.1 Å². The van der Waals surface area contributed by atoms with Crippen LogP contribution in [-0.4, -0.2) is 4.98 Å². The highest BCUT2D eigenvalue weighted by atomic mass is 19.1. The van der Waals surface area contributed by atoms with Crippen molar-refractivity contribution in [3.63, 3.8) is 0 Å². The normalized spacial score (nSPS) is 10.6. The van der Waals surface area contributed by atoms with Gasteiger partial charge in [0.05, 0.1) is 0 Å². The van der Waals surface area contributed by atoms with E-state index in [2.05, 4.69) is 4.98 Å². The first-order valence-corrected chi connectivity index (χ1v) is 5.46. The molecule has 0 unspecified atom stereocenters. The number of aromatic amines is 1. The van der Waals surface area contributed by atoms with Gasteiger partial charge in [-0.05, 0) is 44.0 Å². The summed E-state index contributed by atoms with van der Waals surface area (Å²) in [5.74, 6) is -0.302. The van der Waals surface area contributed by atoms with E-state index in [1.165, 1.54) is 12.1 Å². The lowest BCUT2D eigenvalue weighted by molar-refractivity contribution is 0.630. The number of aryl methyl sites for hydroxylation is 2. The Morgan fingerprint density at radius 3 is 2.47 bits per heavy atom. The van der Waals surface area contributed by atoms with E-state index in [1.54, 1.807) is 12.1 Å². The largest absolute Gasteiger partial charge is 0.326 e. The molecule has 2 aromatic rings. The Bertz CT molecular complexity index is 629. The molecule has 0 aliphatic carbocycles. The number of halogens is 1. The summed E-state index contributed by atoms with van der Waals surface area (Å²) in [6.45, 7) is 5.59. The third-order valence-corrected chi connectivity index (χ3v) is 2.96. The van der Waals surface area contributed by atoms with E-state index in [9.17, 15) is 9.18 Å². The Balaban J connectivity index is 2.76. The Labute approximate surface area is 99.1 Å². The minimum Gasteiger partial charge on any atom is -0.326 e. The second-order valence-electron chi connectivity index (χ2n) is 4.28. The van der Waals surface area contributed by atoms with Gasteiger partial charge in [0.15, 0.2) is 0 Å². The molecular formula is C14H14FNO. The minimum atomic E-state index is -0.302. The van der Waals surface area contributed by atoms with Gasteiger partial charge in [-0.15, -0.1) is 0 Å². The van der Waals surface area contributed by atoms with Crippen molar-refractivity contribution in [2.24, 2.45) is 0 Å². The molecule has 1 heterocycles. The third-order valence-electron chi connectivity index (χ3n) is 2.96. The predicted molar refractivity (Wildman–Crippen MR) is 66.7 cm³/mol. The van der Waals surface area contributed by atoms with Crippen LogP contribution in [0.1, 0.15) is 16.8 Å². The van der Waals surface area contributed by atoms with Crippen molar-refractivity contribution in [1.29, 1.82) is 0 Å². The molecule has 0 amide bonds. The molecule has 88 valence electrons. The van der Waals surface area contributed by atoms with Crippen LogP contribution in [0.15, 0.2) is 29.1 Å². The van der Waals surface area contributed by atoms with Crippen molar-refractivity contribution in [3.8, 4) is 11.1 Å². The summed E-state index contributed by atoms with van der Waals surface area (Å²) in [5, 5.41) is 0. The summed E-state index contributed by atoms with van der Waals surface area (Å²) in [5.41, 5.74) is 3.58. The van der Waals surface area contributed by atoms with Gasteiger partial charge >= 0.3 is 0 Å². The lowest BCUT2D eigenvalue weighted by Crippen LogP contribution is -2.08. The molecule has 17 heavy (non-hydrogen) atoms. The fourth-order valence-electron chi connectivity index (χ4n) is 1.88. The number of H-pyrrole nitrogens is 1. The van der Waals surface area contributed by atoms with Crippen molar-refractivity contribution >= 4 is 0 Å². The van der Waals surface area contributed by atoms with E-state index in [0.717, 1.165) is 16.8 Å². The Morgan fingerprint density at radius 2 is 1.76 bits per heavy atom. The van der Waals surface area contributed by atoms with Crippen LogP contribution in [0, 0.1) is 26.6 Å². The molecule has 0 aliphatic rings. The molecule has 1 aromatic heterocycles. The third kappa shape index (κ3) is 2.13. The Kier molecular flexibility index (Phi) is 2.84. The molecule has 0 saturated carbocycles. The van der Waals surface area contributed by atoms with Crippen molar-refractivity contribution in [2.45, 2.75) is 20.8 Å². The average molecular weight is 231 g/mol. The molecule has 2 rings (SSSR count). The van der Waals surface area contributed by atoms with Crippen LogP contribution in [0.4, 0.5) is 4.39 Å². The second-order valence-corrected chi connectivity index (χ2v) is 4.28. The molecule has 0 aliphatic heterocycles. The zero-order chi connectivity index (χ0) is 12.6. The first-order valence-electron chi connectivity index (χ1n) is 5.46. The van der Waals surface area contributed by atoms with Gasteiger partial charge in [0.1, 0.15) is 5.82 Å². The lowest BCUT2D eigenvalue weighted by Gasteiger charge is -2.10. The monoisotopic (exact) mass is 231 g/mol. The lowest BCUT2D eigenvalue weighted by atomic mass is 9.98. The highest BCUT2D eigenvalue weighted by Crippen LogP contribution is 2.26. The SMILES string of the molecule is Cc1ccc(F)c(-c2cc(=O)[nH]c(C)c2C)c1. The zero-order valence-electron chi connectivity index (χ0n) is 10.1. The number of pyridine rings is 1. The summed E-state index contributed by atoms with van der Waals surface area (Å²) < 4.78 is 13.8. The highest BCUT2D eigenvalue weighted by Gasteiger charge is 2.10. The number of benzene rings is 1. The van der Waals surface area contributed by atoms with Gasteiger partial charge in [-0.1, -0.05) is 11.6 Å². The van der Waals surface area contributed by atoms with Gasteiger partial charge < -0.3 is 4.98 Å². The second kappa shape index (κ2) is 4.17. The summed E-state index contributed by atoms with van der Waals surface area (Å²) in [4.78, 5) is 14.2. The topological polar surface area (TPSA) is 32.9 Å². The Hall–Kier alpha value is -1.90. The quantitative estimate of drug-likeness (QED) is 0.803. The molecule has 0 bridgehead atoms. The van der Waals surface area contributed by atoms with Crippen LogP contribution in [0.2, 0.25) is 0 Å². The molecule has 3 heteroatoms. The first kappa shape index (κ1) is 11.6. The van der Waals surface area contributed by atoms with E-state index in [4.69, 9.17) is 0 Å². The maximum absolute atomic E-state index is 13.8. The van der Waals surface area contributed by atoms with Gasteiger partial charge in [0, 0.05) is 17.3 Å². The van der Waals surface area contributed by atoms with Crippen molar-refractivity contribution in [1.82, 2.24) is 4.98 Å². The van der Waals surface area contributed by atoms with Crippen LogP contribution >= 0.6 is 0 Å². The fraction of sp³-hybridized carbons (Fsp3) is 0.214. The van der Waals surface area contributed by atoms with E-state index < -0.39 is 0 Å². The number of hydrogen-bond acceptors (Lipinski definition) is 1. The van der Waals surface area contributed by atoms with Crippen molar-refractivity contribution < 1.29 is 4.39 Å². The number of rotatable bonds is 1. The van der Waals surface area contributed by atoms with Gasteiger partial charge in [0.2, 0.25) is 5.56 Å². The minimum absolute atomic E-state index is 0.205. The van der Waals surface area contributed by atoms with Crippen molar-refractivity contribution in [2.75, 3.05) is 0 Å². The van der Waals surface area contributed by atoms with Crippen LogP contribution in [0.3, 0.4) is 0 Å². The van der Waals surface area contributed by atoms with Crippen molar-refractivity contribution in [3.05, 3.63) is 57.3 Å². The molecule has 0 fully saturated rings. The van der Waals surface area contributed by atoms with Gasteiger partial charge in [0.25, 0.3) is 0 Å². The maximum Gasteiger partial charge on any atom is 0.248 e. The van der Waals surface area contributed by atoms with Gasteiger partial charge in [-0.3, -0.25) is 4.79 Å². The van der Waals surface area contributed by atoms with Crippen LogP contribution in [0.5, 0.6) is 0 Å². The molecule has 0 radical (unpaired) electrons. The summed E-state index contributed by atoms with van der Waals surface area (Å²) in [6.07, 6.45) is 0. The Morgan fingerprint density at radius 1 is 1.06 bits per heavy atom. The summed E-state index contributed by atoms with van der Waals surface area (Å²) in [6, 6.07) is 6.35. The fourth-order valence-corrected chi connectivity index (χ4v) is 1.88. The van der Waals surface area contributed by atoms with E-state index in [-0.39, 0.29) is 11.4 Å². The molecule has 0 spiro atoms. The number of nitrogens with one attached hydrogen (secondary N) is 1. The maximum atomic E-state index is 13.8. The van der Waals surface area contributed by atoms with Gasteiger partial charge in [-0.2, -0.15) is 0 Å². The van der Waals surface area contributed by atoms with Crippen LogP contribution < -0.4 is 5.56 Å². The average Bonchev–Trinajstić information content (AvgIpc) is 2.27. The van der Waals surface area contributed by atoms with E-state index in [1.807, 2.05) is 20.8 Å². The molecule has 2 nitrogen and oxygen atoms in total. The summed E-state index contributed by atoms with van der Waals surface area (Å²) in [7, 11) is 0. The first-order chi connectivity index (χ1) is 7.99. The highest BCUT2D eigenvalue weighted by molar-refractivity contribution is 5.68. The smallest absolute Gasteiger partial charge is 0.248 e.